The summed E-state index contributed by atoms with van der Waals surface area (Å²) in [5, 5.41) is 0. The van der Waals surface area contributed by atoms with E-state index >= 15 is 0 Å². The summed E-state index contributed by atoms with van der Waals surface area (Å²) in [6.07, 6.45) is 0. The van der Waals surface area contributed by atoms with Gasteiger partial charge in [0.05, 0.1) is 6.04 Å². The standard InChI is InChI=1S/C6H12NO/c1-4(2)6(8)5(3)7/h4-5H,3,7H2,1-2H3. The minimum absolute atomic E-state index is 0.0162. The molecule has 2 N–H and O–H groups in total. The lowest BCUT2D eigenvalue weighted by Crippen LogP contribution is -2.30. The largest absolute Gasteiger partial charge is 0.321 e. The van der Waals surface area contributed by atoms with Crippen LogP contribution in [0.4, 0.5) is 0 Å². The van der Waals surface area contributed by atoms with E-state index in [4.69, 9.17) is 5.73 Å². The monoisotopic (exact) mass is 114 g/mol. The van der Waals surface area contributed by atoms with Gasteiger partial charge in [0.2, 0.25) is 0 Å². The Hall–Kier alpha value is -0.370. The van der Waals surface area contributed by atoms with Gasteiger partial charge in [0, 0.05) is 5.92 Å². The molecule has 2 heteroatoms. The Labute approximate surface area is 50.1 Å². The normalized spacial score (nSPS) is 14.1. The molecule has 0 heterocycles. The molecule has 0 spiro atoms. The average molecular weight is 114 g/mol. The minimum Gasteiger partial charge on any atom is -0.321 e. The van der Waals surface area contributed by atoms with Gasteiger partial charge in [0.1, 0.15) is 0 Å². The highest BCUT2D eigenvalue weighted by Gasteiger charge is 2.10. The van der Waals surface area contributed by atoms with Crippen molar-refractivity contribution in [2.24, 2.45) is 11.7 Å². The van der Waals surface area contributed by atoms with Crippen LogP contribution >= 0.6 is 0 Å². The van der Waals surface area contributed by atoms with Gasteiger partial charge in [-0.05, 0) is 6.92 Å². The third-order valence-electron chi connectivity index (χ3n) is 0.934. The number of Topliss-reactive ketones (excluding diaryl/α,β-unsaturated/α-hetero) is 1. The molecule has 0 saturated carbocycles. The number of carbonyl (C=O) groups is 1. The minimum atomic E-state index is -0.546. The van der Waals surface area contributed by atoms with E-state index in [1.807, 2.05) is 13.8 Å². The van der Waals surface area contributed by atoms with Crippen LogP contribution in [0.15, 0.2) is 0 Å². The molecule has 0 aromatic carbocycles. The Kier molecular flexibility index (Phi) is 2.69. The van der Waals surface area contributed by atoms with Gasteiger partial charge in [0.25, 0.3) is 0 Å². The first-order chi connectivity index (χ1) is 3.55. The maximum absolute atomic E-state index is 10.7. The van der Waals surface area contributed by atoms with Crippen LogP contribution < -0.4 is 5.73 Å². The zero-order valence-electron chi connectivity index (χ0n) is 5.35. The number of nitrogens with two attached hydrogens (primary N) is 1. The van der Waals surface area contributed by atoms with E-state index in [1.54, 1.807) is 0 Å². The molecule has 2 nitrogen and oxygen atoms in total. The molecule has 0 saturated heterocycles. The molecule has 1 radical (unpaired) electrons. The molecule has 0 bridgehead atoms. The molecule has 0 aliphatic carbocycles. The summed E-state index contributed by atoms with van der Waals surface area (Å²) in [7, 11) is 0. The van der Waals surface area contributed by atoms with Gasteiger partial charge >= 0.3 is 0 Å². The fourth-order valence-corrected chi connectivity index (χ4v) is 0.428. The molecule has 0 aliphatic rings. The second-order valence-corrected chi connectivity index (χ2v) is 2.16. The fraction of sp³-hybridized carbons (Fsp3) is 0.667. The van der Waals surface area contributed by atoms with Crippen molar-refractivity contribution in [2.45, 2.75) is 19.9 Å². The predicted octanol–water partition coefficient (Wildman–Crippen LogP) is 0.373. The molecular formula is C6H12NO. The average Bonchev–Trinajstić information content (AvgIpc) is 1.64. The SMILES string of the molecule is [CH2]C(N)C(=O)C(C)C. The van der Waals surface area contributed by atoms with Crippen LogP contribution in [0.1, 0.15) is 13.8 Å². The van der Waals surface area contributed by atoms with Crippen molar-refractivity contribution < 1.29 is 4.79 Å². The van der Waals surface area contributed by atoms with Gasteiger partial charge < -0.3 is 5.73 Å². The van der Waals surface area contributed by atoms with E-state index in [0.29, 0.717) is 0 Å². The maximum Gasteiger partial charge on any atom is 0.152 e. The number of hydrogen-bond donors (Lipinski definition) is 1. The molecule has 1 atom stereocenters. The Morgan fingerprint density at radius 2 is 2.00 bits per heavy atom. The smallest absolute Gasteiger partial charge is 0.152 e. The zero-order valence-corrected chi connectivity index (χ0v) is 5.35. The number of ketones is 1. The van der Waals surface area contributed by atoms with E-state index in [1.165, 1.54) is 0 Å². The summed E-state index contributed by atoms with van der Waals surface area (Å²) in [4.78, 5) is 10.7. The second-order valence-electron chi connectivity index (χ2n) is 2.16. The molecule has 8 heavy (non-hydrogen) atoms. The van der Waals surface area contributed by atoms with E-state index in [2.05, 4.69) is 6.92 Å². The quantitative estimate of drug-likeness (QED) is 0.563. The summed E-state index contributed by atoms with van der Waals surface area (Å²) in [5.74, 6) is 0.0347. The number of carbonyl (C=O) groups excluding carboxylic acids is 1. The number of rotatable bonds is 2. The first-order valence-electron chi connectivity index (χ1n) is 2.68. The van der Waals surface area contributed by atoms with Gasteiger partial charge in [-0.3, -0.25) is 4.79 Å². The predicted molar refractivity (Wildman–Crippen MR) is 33.2 cm³/mol. The summed E-state index contributed by atoms with van der Waals surface area (Å²) < 4.78 is 0. The van der Waals surface area contributed by atoms with E-state index in [0.717, 1.165) is 0 Å². The Morgan fingerprint density at radius 3 is 2.00 bits per heavy atom. The van der Waals surface area contributed by atoms with Crippen LogP contribution in [0.25, 0.3) is 0 Å². The highest BCUT2D eigenvalue weighted by molar-refractivity contribution is 5.85. The molecule has 0 rings (SSSR count). The van der Waals surface area contributed by atoms with Crippen molar-refractivity contribution in [3.8, 4) is 0 Å². The highest BCUT2D eigenvalue weighted by Crippen LogP contribution is 1.95. The summed E-state index contributed by atoms with van der Waals surface area (Å²) in [6, 6.07) is -0.546. The molecule has 1 unspecified atom stereocenters. The Morgan fingerprint density at radius 1 is 1.62 bits per heavy atom. The fourth-order valence-electron chi connectivity index (χ4n) is 0.428. The van der Waals surface area contributed by atoms with Gasteiger partial charge in [-0.2, -0.15) is 0 Å². The van der Waals surface area contributed by atoms with Crippen LogP contribution in [0, 0.1) is 12.8 Å². The van der Waals surface area contributed by atoms with Crippen molar-refractivity contribution in [1.82, 2.24) is 0 Å². The van der Waals surface area contributed by atoms with E-state index in [-0.39, 0.29) is 11.7 Å². The van der Waals surface area contributed by atoms with Gasteiger partial charge in [0.15, 0.2) is 5.78 Å². The Balaban J connectivity index is 3.65. The first kappa shape index (κ1) is 7.63. The van der Waals surface area contributed by atoms with Crippen LogP contribution in [0.3, 0.4) is 0 Å². The van der Waals surface area contributed by atoms with Gasteiger partial charge in [-0.25, -0.2) is 0 Å². The molecule has 0 aromatic rings. The summed E-state index contributed by atoms with van der Waals surface area (Å²) in [5.41, 5.74) is 5.18. The first-order valence-corrected chi connectivity index (χ1v) is 2.68. The second kappa shape index (κ2) is 2.82. The summed E-state index contributed by atoms with van der Waals surface area (Å²) >= 11 is 0. The molecule has 0 aliphatic heterocycles. The molecule has 47 valence electrons. The zero-order chi connectivity index (χ0) is 6.73. The topological polar surface area (TPSA) is 43.1 Å². The van der Waals surface area contributed by atoms with Crippen molar-refractivity contribution >= 4 is 5.78 Å². The van der Waals surface area contributed by atoms with Crippen LogP contribution in [0.5, 0.6) is 0 Å². The molecule has 0 amide bonds. The van der Waals surface area contributed by atoms with Crippen LogP contribution in [0.2, 0.25) is 0 Å². The molecule has 0 fully saturated rings. The highest BCUT2D eigenvalue weighted by atomic mass is 16.1. The maximum atomic E-state index is 10.7. The van der Waals surface area contributed by atoms with E-state index < -0.39 is 6.04 Å². The molecular weight excluding hydrogens is 102 g/mol. The third-order valence-corrected chi connectivity index (χ3v) is 0.934. The van der Waals surface area contributed by atoms with Gasteiger partial charge in [-0.1, -0.05) is 13.8 Å². The lowest BCUT2D eigenvalue weighted by molar-refractivity contribution is -0.122. The van der Waals surface area contributed by atoms with Crippen LogP contribution in [-0.4, -0.2) is 11.8 Å². The van der Waals surface area contributed by atoms with Crippen LogP contribution in [-0.2, 0) is 4.79 Å². The van der Waals surface area contributed by atoms with Crippen molar-refractivity contribution in [1.29, 1.82) is 0 Å². The van der Waals surface area contributed by atoms with Crippen molar-refractivity contribution in [3.63, 3.8) is 0 Å². The van der Waals surface area contributed by atoms with E-state index in [9.17, 15) is 4.79 Å². The van der Waals surface area contributed by atoms with Crippen molar-refractivity contribution in [3.05, 3.63) is 6.92 Å². The lowest BCUT2D eigenvalue weighted by atomic mass is 10.0. The summed E-state index contributed by atoms with van der Waals surface area (Å²) in [6.45, 7) is 7.01. The Bertz CT molecular complexity index is 76.5. The third kappa shape index (κ3) is 2.07. The number of hydrogen-bond acceptors (Lipinski definition) is 2. The van der Waals surface area contributed by atoms with Gasteiger partial charge in [-0.15, -0.1) is 0 Å². The van der Waals surface area contributed by atoms with Crippen molar-refractivity contribution in [2.75, 3.05) is 0 Å². The lowest BCUT2D eigenvalue weighted by Gasteiger charge is -2.05. The molecule has 0 aromatic heterocycles.